The molecule has 23 heavy (non-hydrogen) atoms. The maximum absolute atomic E-state index is 4.92. The van der Waals surface area contributed by atoms with Crippen LogP contribution in [0.3, 0.4) is 0 Å². The van der Waals surface area contributed by atoms with E-state index in [1.54, 1.807) is 0 Å². The van der Waals surface area contributed by atoms with Crippen LogP contribution < -0.4 is 0 Å². The molecule has 3 rings (SSSR count). The van der Waals surface area contributed by atoms with Crippen LogP contribution in [0.4, 0.5) is 0 Å². The summed E-state index contributed by atoms with van der Waals surface area (Å²) in [6, 6.07) is 18.8. The Kier molecular flexibility index (Phi) is 4.82. The summed E-state index contributed by atoms with van der Waals surface area (Å²) >= 11 is 0. The molecule has 0 bridgehead atoms. The molecule has 116 valence electrons. The van der Waals surface area contributed by atoms with E-state index in [1.807, 2.05) is 24.4 Å². The number of nitrogens with zero attached hydrogens (tertiary/aromatic N) is 2. The zero-order chi connectivity index (χ0) is 16.1. The fraction of sp³-hybridized carbons (Fsp3) is 0.238. The molecule has 0 aliphatic rings. The summed E-state index contributed by atoms with van der Waals surface area (Å²) in [4.78, 5) is 9.66. The van der Waals surface area contributed by atoms with Crippen molar-refractivity contribution in [3.8, 4) is 22.5 Å². The minimum Gasteiger partial charge on any atom is -0.252 e. The van der Waals surface area contributed by atoms with Crippen LogP contribution in [0.15, 0.2) is 60.8 Å². The Morgan fingerprint density at radius 2 is 1.52 bits per heavy atom. The van der Waals surface area contributed by atoms with E-state index in [0.717, 1.165) is 41.1 Å². The number of aryl methyl sites for hydroxylation is 2. The predicted molar refractivity (Wildman–Crippen MR) is 96.3 cm³/mol. The van der Waals surface area contributed by atoms with Crippen molar-refractivity contribution in [1.82, 2.24) is 9.97 Å². The molecule has 0 spiro atoms. The maximum atomic E-state index is 4.92. The van der Waals surface area contributed by atoms with Crippen molar-refractivity contribution in [1.29, 1.82) is 0 Å². The third kappa shape index (κ3) is 3.65. The van der Waals surface area contributed by atoms with Crippen LogP contribution in [-0.2, 0) is 6.42 Å². The Morgan fingerprint density at radius 1 is 0.826 bits per heavy atom. The topological polar surface area (TPSA) is 25.8 Å². The summed E-state index contributed by atoms with van der Waals surface area (Å²) < 4.78 is 0. The van der Waals surface area contributed by atoms with E-state index in [0.29, 0.717) is 0 Å². The summed E-state index contributed by atoms with van der Waals surface area (Å²) in [5, 5.41) is 0. The van der Waals surface area contributed by atoms with Crippen LogP contribution in [0.1, 0.15) is 31.0 Å². The number of hydrogen-bond acceptors (Lipinski definition) is 2. The molecular weight excluding hydrogens is 280 g/mol. The molecule has 0 atom stereocenters. The summed E-state index contributed by atoms with van der Waals surface area (Å²) in [5.41, 5.74) is 6.49. The fourth-order valence-electron chi connectivity index (χ4n) is 2.62. The first-order chi connectivity index (χ1) is 11.3. The van der Waals surface area contributed by atoms with Gasteiger partial charge in [0.25, 0.3) is 0 Å². The van der Waals surface area contributed by atoms with Crippen molar-refractivity contribution >= 4 is 0 Å². The highest BCUT2D eigenvalue weighted by molar-refractivity contribution is 5.77. The molecular formula is C21H22N2. The first-order valence-corrected chi connectivity index (χ1v) is 8.26. The van der Waals surface area contributed by atoms with Gasteiger partial charge in [0.05, 0.1) is 17.1 Å². The zero-order valence-electron chi connectivity index (χ0n) is 13.8. The van der Waals surface area contributed by atoms with Crippen LogP contribution in [-0.4, -0.2) is 9.97 Å². The van der Waals surface area contributed by atoms with Gasteiger partial charge in [-0.2, -0.15) is 0 Å². The second-order valence-electron chi connectivity index (χ2n) is 5.89. The third-order valence-corrected chi connectivity index (χ3v) is 3.98. The number of unbranched alkanes of at least 4 members (excludes halogenated alkanes) is 1. The third-order valence-electron chi connectivity index (χ3n) is 3.98. The van der Waals surface area contributed by atoms with E-state index < -0.39 is 0 Å². The molecule has 1 heterocycles. The monoisotopic (exact) mass is 302 g/mol. The van der Waals surface area contributed by atoms with Crippen LogP contribution in [0.2, 0.25) is 0 Å². The Hall–Kier alpha value is -2.48. The van der Waals surface area contributed by atoms with E-state index in [-0.39, 0.29) is 0 Å². The molecule has 0 aliphatic heterocycles. The molecule has 0 saturated heterocycles. The highest BCUT2D eigenvalue weighted by Crippen LogP contribution is 2.29. The van der Waals surface area contributed by atoms with Crippen molar-refractivity contribution in [3.05, 3.63) is 72.1 Å². The molecule has 3 aromatic rings. The SMILES string of the molecule is CCCCc1cnc(-c2ccccc2)c(-c2ccc(C)cc2)n1. The maximum Gasteiger partial charge on any atom is 0.0968 e. The lowest BCUT2D eigenvalue weighted by atomic mass is 10.0. The summed E-state index contributed by atoms with van der Waals surface area (Å²) in [7, 11) is 0. The number of rotatable bonds is 5. The van der Waals surface area contributed by atoms with Crippen LogP contribution >= 0.6 is 0 Å². The number of benzene rings is 2. The standard InChI is InChI=1S/C21H22N2/c1-3-4-10-19-15-22-20(17-8-6-5-7-9-17)21(23-19)18-13-11-16(2)12-14-18/h5-9,11-15H,3-4,10H2,1-2H3. The summed E-state index contributed by atoms with van der Waals surface area (Å²) in [6.45, 7) is 4.30. The van der Waals surface area contributed by atoms with Gasteiger partial charge in [-0.1, -0.05) is 73.5 Å². The molecule has 0 unspecified atom stereocenters. The lowest BCUT2D eigenvalue weighted by molar-refractivity contribution is 0.773. The predicted octanol–water partition coefficient (Wildman–Crippen LogP) is 5.46. The van der Waals surface area contributed by atoms with E-state index in [4.69, 9.17) is 9.97 Å². The van der Waals surface area contributed by atoms with Gasteiger partial charge in [0.1, 0.15) is 0 Å². The summed E-state index contributed by atoms with van der Waals surface area (Å²) in [6.07, 6.45) is 5.22. The zero-order valence-corrected chi connectivity index (χ0v) is 13.8. The first kappa shape index (κ1) is 15.4. The molecule has 0 amide bonds. The molecule has 0 saturated carbocycles. The number of aromatic nitrogens is 2. The quantitative estimate of drug-likeness (QED) is 0.625. The van der Waals surface area contributed by atoms with Gasteiger partial charge in [-0.15, -0.1) is 0 Å². The van der Waals surface area contributed by atoms with Crippen LogP contribution in [0.25, 0.3) is 22.5 Å². The Labute approximate surface area is 138 Å². The Balaban J connectivity index is 2.10. The molecule has 2 nitrogen and oxygen atoms in total. The Morgan fingerprint density at radius 3 is 2.22 bits per heavy atom. The van der Waals surface area contributed by atoms with Gasteiger partial charge in [0.15, 0.2) is 0 Å². The fourth-order valence-corrected chi connectivity index (χ4v) is 2.62. The molecule has 0 N–H and O–H groups in total. The lowest BCUT2D eigenvalue weighted by Crippen LogP contribution is -1.99. The van der Waals surface area contributed by atoms with E-state index >= 15 is 0 Å². The smallest absolute Gasteiger partial charge is 0.0968 e. The second kappa shape index (κ2) is 7.19. The van der Waals surface area contributed by atoms with Gasteiger partial charge in [-0.25, -0.2) is 4.98 Å². The van der Waals surface area contributed by atoms with Crippen molar-refractivity contribution in [2.75, 3.05) is 0 Å². The van der Waals surface area contributed by atoms with Gasteiger partial charge in [-0.3, -0.25) is 4.98 Å². The van der Waals surface area contributed by atoms with Crippen molar-refractivity contribution < 1.29 is 0 Å². The molecule has 1 aromatic heterocycles. The van der Waals surface area contributed by atoms with Crippen LogP contribution in [0.5, 0.6) is 0 Å². The van der Waals surface area contributed by atoms with Crippen molar-refractivity contribution in [2.45, 2.75) is 33.1 Å². The van der Waals surface area contributed by atoms with E-state index in [9.17, 15) is 0 Å². The number of hydrogen-bond donors (Lipinski definition) is 0. The van der Waals surface area contributed by atoms with Gasteiger partial charge < -0.3 is 0 Å². The van der Waals surface area contributed by atoms with Crippen molar-refractivity contribution in [3.63, 3.8) is 0 Å². The molecule has 0 aliphatic carbocycles. The first-order valence-electron chi connectivity index (χ1n) is 8.26. The van der Waals surface area contributed by atoms with Gasteiger partial charge in [0, 0.05) is 17.3 Å². The van der Waals surface area contributed by atoms with E-state index in [1.165, 1.54) is 12.0 Å². The molecule has 2 aromatic carbocycles. The minimum absolute atomic E-state index is 0.953. The minimum atomic E-state index is 0.953. The largest absolute Gasteiger partial charge is 0.252 e. The summed E-state index contributed by atoms with van der Waals surface area (Å²) in [5.74, 6) is 0. The average Bonchev–Trinajstić information content (AvgIpc) is 2.61. The van der Waals surface area contributed by atoms with Gasteiger partial charge in [0.2, 0.25) is 0 Å². The Bertz CT molecular complexity index is 762. The molecule has 0 fully saturated rings. The van der Waals surface area contributed by atoms with E-state index in [2.05, 4.69) is 50.2 Å². The molecule has 0 radical (unpaired) electrons. The lowest BCUT2D eigenvalue weighted by Gasteiger charge is -2.11. The highest BCUT2D eigenvalue weighted by atomic mass is 14.8. The molecule has 2 heteroatoms. The second-order valence-corrected chi connectivity index (χ2v) is 5.89. The average molecular weight is 302 g/mol. The van der Waals surface area contributed by atoms with Gasteiger partial charge >= 0.3 is 0 Å². The van der Waals surface area contributed by atoms with Gasteiger partial charge in [-0.05, 0) is 19.8 Å². The normalized spacial score (nSPS) is 10.7. The van der Waals surface area contributed by atoms with Crippen molar-refractivity contribution in [2.24, 2.45) is 0 Å². The van der Waals surface area contributed by atoms with Crippen LogP contribution in [0, 0.1) is 6.92 Å². The highest BCUT2D eigenvalue weighted by Gasteiger charge is 2.12.